The van der Waals surface area contributed by atoms with Gasteiger partial charge in [-0.05, 0) is 72.3 Å². The highest BCUT2D eigenvalue weighted by atomic mass is 35.5. The van der Waals surface area contributed by atoms with Crippen LogP contribution in [0.15, 0.2) is 12.1 Å². The summed E-state index contributed by atoms with van der Waals surface area (Å²) in [7, 11) is 0. The molecule has 2 saturated carbocycles. The molecule has 0 saturated heterocycles. The predicted molar refractivity (Wildman–Crippen MR) is 186 cm³/mol. The lowest BCUT2D eigenvalue weighted by Gasteiger charge is -2.23. The SMILES string of the molecule is CCC1(C(C)COC(=O)c2c(Cl)c(Cl)cc(Cl)c2OC(=O)C(=O)Oc2c(Cl)cc(Cl)c(Cl)c2C(=O)OCC(C)C2(CC)CC2C)CC1C. The number of benzene rings is 2. The van der Waals surface area contributed by atoms with Crippen LogP contribution in [0.4, 0.5) is 0 Å². The lowest BCUT2D eigenvalue weighted by Crippen LogP contribution is -2.28. The van der Waals surface area contributed by atoms with Gasteiger partial charge in [-0.25, -0.2) is 19.2 Å². The third kappa shape index (κ3) is 7.54. The molecule has 0 radical (unpaired) electrons. The van der Waals surface area contributed by atoms with E-state index >= 15 is 0 Å². The van der Waals surface area contributed by atoms with Crippen LogP contribution in [-0.2, 0) is 19.1 Å². The van der Waals surface area contributed by atoms with Crippen LogP contribution in [0.2, 0.25) is 30.1 Å². The van der Waals surface area contributed by atoms with E-state index in [4.69, 9.17) is 88.6 Å². The van der Waals surface area contributed by atoms with Gasteiger partial charge in [0.2, 0.25) is 0 Å². The van der Waals surface area contributed by atoms with Gasteiger partial charge in [-0.2, -0.15) is 0 Å². The maximum absolute atomic E-state index is 13.3. The van der Waals surface area contributed by atoms with Gasteiger partial charge in [0, 0.05) is 0 Å². The van der Waals surface area contributed by atoms with Crippen LogP contribution in [-0.4, -0.2) is 37.1 Å². The van der Waals surface area contributed by atoms with Crippen LogP contribution in [0.1, 0.15) is 87.9 Å². The second-order valence-electron chi connectivity index (χ2n) is 12.9. The molecule has 2 fully saturated rings. The Morgan fingerprint density at radius 1 is 0.667 bits per heavy atom. The highest BCUT2D eigenvalue weighted by molar-refractivity contribution is 6.47. The molecule has 4 rings (SSSR count). The van der Waals surface area contributed by atoms with Crippen LogP contribution < -0.4 is 9.47 Å². The largest absolute Gasteiger partial charge is 0.462 e. The summed E-state index contributed by atoms with van der Waals surface area (Å²) in [5.74, 6) is -5.35. The van der Waals surface area contributed by atoms with E-state index in [1.54, 1.807) is 0 Å². The Labute approximate surface area is 309 Å². The van der Waals surface area contributed by atoms with E-state index in [1.165, 1.54) is 0 Å². The third-order valence-corrected chi connectivity index (χ3v) is 12.6. The summed E-state index contributed by atoms with van der Waals surface area (Å²) in [4.78, 5) is 52.7. The Morgan fingerprint density at radius 3 is 1.25 bits per heavy atom. The normalized spacial score (nSPS) is 23.9. The van der Waals surface area contributed by atoms with Gasteiger partial charge in [0.05, 0.1) is 43.3 Å². The Morgan fingerprint density at radius 2 is 0.979 bits per heavy atom. The number of ether oxygens (including phenoxy) is 4. The van der Waals surface area contributed by atoms with Gasteiger partial charge >= 0.3 is 23.9 Å². The van der Waals surface area contributed by atoms with Crippen molar-refractivity contribution in [1.82, 2.24) is 0 Å². The second kappa shape index (κ2) is 15.1. The lowest BCUT2D eigenvalue weighted by atomic mass is 9.86. The van der Waals surface area contributed by atoms with E-state index in [0.717, 1.165) is 37.8 Å². The summed E-state index contributed by atoms with van der Waals surface area (Å²) in [6.07, 6.45) is 3.86. The molecule has 0 aliphatic heterocycles. The van der Waals surface area contributed by atoms with Crippen molar-refractivity contribution >= 4 is 93.5 Å². The highest BCUT2D eigenvalue weighted by Crippen LogP contribution is 2.61. The Kier molecular flexibility index (Phi) is 12.2. The molecule has 48 heavy (non-hydrogen) atoms. The number of carbonyl (C=O) groups excluding carboxylic acids is 4. The molecule has 0 bridgehead atoms. The monoisotopic (exact) mass is 782 g/mol. The smallest absolute Gasteiger partial charge is 0.423 e. The summed E-state index contributed by atoms with van der Waals surface area (Å²) >= 11 is 37.6. The quantitative estimate of drug-likeness (QED) is 0.0907. The van der Waals surface area contributed by atoms with Crippen LogP contribution >= 0.6 is 69.6 Å². The van der Waals surface area contributed by atoms with Crippen molar-refractivity contribution in [3.8, 4) is 11.5 Å². The van der Waals surface area contributed by atoms with Crippen molar-refractivity contribution in [2.75, 3.05) is 13.2 Å². The highest BCUT2D eigenvalue weighted by Gasteiger charge is 2.54. The molecule has 0 N–H and O–H groups in total. The van der Waals surface area contributed by atoms with Gasteiger partial charge in [-0.3, -0.25) is 0 Å². The number of hydrogen-bond acceptors (Lipinski definition) is 8. The molecule has 2 aliphatic carbocycles. The number of carbonyl (C=O) groups is 4. The van der Waals surface area contributed by atoms with E-state index in [-0.39, 0.29) is 66.0 Å². The van der Waals surface area contributed by atoms with Gasteiger partial charge in [-0.15, -0.1) is 0 Å². The molecule has 8 nitrogen and oxygen atoms in total. The van der Waals surface area contributed by atoms with E-state index in [9.17, 15) is 19.2 Å². The van der Waals surface area contributed by atoms with Crippen molar-refractivity contribution in [3.05, 3.63) is 53.4 Å². The summed E-state index contributed by atoms with van der Waals surface area (Å²) in [6, 6.07) is 2.26. The van der Waals surface area contributed by atoms with Crippen molar-refractivity contribution in [3.63, 3.8) is 0 Å². The van der Waals surface area contributed by atoms with Crippen LogP contribution in [0.3, 0.4) is 0 Å². The summed E-state index contributed by atoms with van der Waals surface area (Å²) in [6.45, 7) is 12.5. The molecule has 2 aliphatic rings. The topological polar surface area (TPSA) is 105 Å². The molecule has 2 aromatic rings. The Balaban J connectivity index is 1.54. The minimum atomic E-state index is -1.64. The molecule has 262 valence electrons. The van der Waals surface area contributed by atoms with Gasteiger partial charge in [0.15, 0.2) is 11.5 Å². The molecule has 14 heteroatoms. The lowest BCUT2D eigenvalue weighted by molar-refractivity contribution is -0.156. The molecule has 0 aromatic heterocycles. The van der Waals surface area contributed by atoms with Crippen molar-refractivity contribution < 1.29 is 38.1 Å². The number of hydrogen-bond donors (Lipinski definition) is 0. The predicted octanol–water partition coefficient (Wildman–Crippen LogP) is 10.6. The summed E-state index contributed by atoms with van der Waals surface area (Å²) < 4.78 is 21.6. The fraction of sp³-hybridized carbons (Fsp3) is 0.529. The molecule has 0 heterocycles. The Bertz CT molecular complexity index is 1520. The molecular formula is C34H36Cl6O8. The van der Waals surface area contributed by atoms with Gasteiger partial charge in [-0.1, -0.05) is 111 Å². The molecule has 6 unspecified atom stereocenters. The first-order valence-corrected chi connectivity index (χ1v) is 17.9. The fourth-order valence-corrected chi connectivity index (χ4v) is 8.38. The first kappa shape index (κ1) is 38.9. The van der Waals surface area contributed by atoms with Crippen molar-refractivity contribution in [2.45, 2.75) is 67.2 Å². The Hall–Kier alpha value is -1.94. The first-order valence-electron chi connectivity index (χ1n) is 15.6. The molecule has 2 aromatic carbocycles. The number of halogens is 6. The van der Waals surface area contributed by atoms with Gasteiger partial charge < -0.3 is 18.9 Å². The standard InChI is InChI=1S/C34H36Cl6O8/c1-7-33(11-15(33)3)17(5)13-45-29(41)23-25(39)19(35)9-21(37)27(23)47-31(43)32(44)48-28-22(38)10-20(36)26(40)24(28)30(42)46-14-18(6)34(8-2)12-16(34)4/h9-10,15-18H,7-8,11-14H2,1-6H3. The number of esters is 4. The van der Waals surface area contributed by atoms with E-state index in [2.05, 4.69) is 27.7 Å². The van der Waals surface area contributed by atoms with Crippen LogP contribution in [0.25, 0.3) is 0 Å². The van der Waals surface area contributed by atoms with E-state index < -0.39 is 46.5 Å². The van der Waals surface area contributed by atoms with Crippen molar-refractivity contribution in [1.29, 1.82) is 0 Å². The first-order chi connectivity index (χ1) is 22.4. The zero-order valence-electron chi connectivity index (χ0n) is 27.2. The average Bonchev–Trinajstić information content (AvgIpc) is 3.93. The number of rotatable bonds is 12. The molecule has 0 spiro atoms. The minimum absolute atomic E-state index is 0.0286. The van der Waals surface area contributed by atoms with Crippen LogP contribution in [0, 0.1) is 34.5 Å². The minimum Gasteiger partial charge on any atom is -0.462 e. The maximum atomic E-state index is 13.3. The van der Waals surface area contributed by atoms with Crippen LogP contribution in [0.5, 0.6) is 11.5 Å². The summed E-state index contributed by atoms with van der Waals surface area (Å²) in [5, 5.41) is -1.48. The fourth-order valence-electron chi connectivity index (χ4n) is 6.95. The van der Waals surface area contributed by atoms with E-state index in [1.807, 2.05) is 13.8 Å². The molecule has 6 atom stereocenters. The zero-order chi connectivity index (χ0) is 35.9. The van der Waals surface area contributed by atoms with Gasteiger partial charge in [0.1, 0.15) is 11.1 Å². The average molecular weight is 785 g/mol. The van der Waals surface area contributed by atoms with E-state index in [0.29, 0.717) is 11.8 Å². The zero-order valence-corrected chi connectivity index (χ0v) is 31.8. The van der Waals surface area contributed by atoms with Crippen molar-refractivity contribution in [2.24, 2.45) is 34.5 Å². The second-order valence-corrected chi connectivity index (χ2v) is 15.3. The van der Waals surface area contributed by atoms with Gasteiger partial charge in [0.25, 0.3) is 0 Å². The third-order valence-electron chi connectivity index (χ3n) is 10.4. The molecular weight excluding hydrogens is 749 g/mol. The molecule has 0 amide bonds. The maximum Gasteiger partial charge on any atom is 0.423 e. The summed E-state index contributed by atoms with van der Waals surface area (Å²) in [5.41, 5.74) is -0.814.